The van der Waals surface area contributed by atoms with Crippen LogP contribution in [0.4, 0.5) is 8.78 Å². The summed E-state index contributed by atoms with van der Waals surface area (Å²) in [4.78, 5) is 2.29. The van der Waals surface area contributed by atoms with Gasteiger partial charge in [0.2, 0.25) is 10.0 Å². The van der Waals surface area contributed by atoms with Gasteiger partial charge in [0.15, 0.2) is 11.5 Å². The molecule has 0 radical (unpaired) electrons. The summed E-state index contributed by atoms with van der Waals surface area (Å²) < 4.78 is 71.3. The quantitative estimate of drug-likeness (QED) is 0.392. The third-order valence-corrected chi connectivity index (χ3v) is 8.26. The minimum atomic E-state index is -3.68. The summed E-state index contributed by atoms with van der Waals surface area (Å²) in [7, 11) is -0.717. The van der Waals surface area contributed by atoms with Gasteiger partial charge in [0, 0.05) is 38.8 Å². The lowest BCUT2D eigenvalue weighted by Gasteiger charge is -2.34. The van der Waals surface area contributed by atoms with E-state index in [2.05, 4.69) is 4.90 Å². The molecule has 1 aliphatic rings. The van der Waals surface area contributed by atoms with E-state index >= 15 is 0 Å². The Morgan fingerprint density at radius 2 is 1.32 bits per heavy atom. The smallest absolute Gasteiger partial charge is 0.243 e. The summed E-state index contributed by atoms with van der Waals surface area (Å²) in [6, 6.07) is 16.7. The molecule has 0 N–H and O–H groups in total. The van der Waals surface area contributed by atoms with Gasteiger partial charge in [-0.05, 0) is 47.5 Å². The van der Waals surface area contributed by atoms with E-state index in [0.29, 0.717) is 50.8 Å². The molecule has 4 rings (SSSR count). The molecule has 10 heteroatoms. The summed E-state index contributed by atoms with van der Waals surface area (Å²) in [5.74, 6) is 0.132. The third-order valence-electron chi connectivity index (χ3n) is 6.36. The highest BCUT2D eigenvalue weighted by Crippen LogP contribution is 2.31. The lowest BCUT2D eigenvalue weighted by atomic mass is 10.0. The molecule has 0 bridgehead atoms. The second kappa shape index (κ2) is 12.0. The Morgan fingerprint density at radius 1 is 0.784 bits per heavy atom. The molecular formula is C27H30F2N2O5S. The molecule has 1 aliphatic heterocycles. The molecule has 198 valence electrons. The zero-order valence-corrected chi connectivity index (χ0v) is 21.6. The van der Waals surface area contributed by atoms with Crippen LogP contribution in [0.5, 0.6) is 11.5 Å². The van der Waals surface area contributed by atoms with E-state index in [9.17, 15) is 17.2 Å². The normalized spacial score (nSPS) is 15.2. The van der Waals surface area contributed by atoms with Gasteiger partial charge in [-0.2, -0.15) is 4.31 Å². The van der Waals surface area contributed by atoms with Gasteiger partial charge in [-0.1, -0.05) is 24.3 Å². The van der Waals surface area contributed by atoms with Gasteiger partial charge in [-0.15, -0.1) is 0 Å². The lowest BCUT2D eigenvalue weighted by molar-refractivity contribution is 0.0526. The molecule has 0 spiro atoms. The molecule has 1 heterocycles. The molecule has 0 unspecified atom stereocenters. The Hall–Kier alpha value is -3.05. The second-order valence-electron chi connectivity index (χ2n) is 8.62. The Bertz CT molecular complexity index is 1230. The van der Waals surface area contributed by atoms with E-state index in [0.717, 1.165) is 11.1 Å². The SMILES string of the molecule is COc1ccc(S(=O)(=O)N2CCN(CCOC(c3ccc(F)cc3)c3ccc(F)cc3)CC2)cc1OC. The molecule has 0 aromatic heterocycles. The molecule has 0 aliphatic carbocycles. The lowest BCUT2D eigenvalue weighted by Crippen LogP contribution is -2.49. The molecule has 1 saturated heterocycles. The minimum Gasteiger partial charge on any atom is -0.493 e. The van der Waals surface area contributed by atoms with Gasteiger partial charge in [-0.25, -0.2) is 17.2 Å². The summed E-state index contributed by atoms with van der Waals surface area (Å²) in [6.07, 6.45) is -0.479. The standard InChI is InChI=1S/C27H30F2N2O5S/c1-34-25-12-11-24(19-26(25)35-2)37(32,33)31-15-13-30(14-16-31)17-18-36-27(20-3-7-22(28)8-4-20)21-5-9-23(29)10-6-21/h3-12,19,27H,13-18H2,1-2H3. The fourth-order valence-corrected chi connectivity index (χ4v) is 5.72. The fraction of sp³-hybridized carbons (Fsp3) is 0.333. The Balaban J connectivity index is 1.35. The number of ether oxygens (including phenoxy) is 3. The number of sulfonamides is 1. The van der Waals surface area contributed by atoms with Crippen LogP contribution in [0, 0.1) is 11.6 Å². The van der Waals surface area contributed by atoms with Gasteiger partial charge in [0.1, 0.15) is 17.7 Å². The van der Waals surface area contributed by atoms with E-state index in [4.69, 9.17) is 14.2 Å². The number of benzene rings is 3. The zero-order chi connectivity index (χ0) is 26.4. The molecule has 37 heavy (non-hydrogen) atoms. The van der Waals surface area contributed by atoms with Crippen LogP contribution in [0.25, 0.3) is 0 Å². The number of piperazine rings is 1. The van der Waals surface area contributed by atoms with Crippen LogP contribution in [0.1, 0.15) is 17.2 Å². The molecule has 1 fully saturated rings. The monoisotopic (exact) mass is 532 g/mol. The number of halogens is 2. The van der Waals surface area contributed by atoms with Crippen molar-refractivity contribution in [3.8, 4) is 11.5 Å². The largest absolute Gasteiger partial charge is 0.493 e. The first-order chi connectivity index (χ1) is 17.8. The first-order valence-electron chi connectivity index (χ1n) is 11.9. The summed E-state index contributed by atoms with van der Waals surface area (Å²) >= 11 is 0. The number of methoxy groups -OCH3 is 2. The third kappa shape index (κ3) is 6.45. The Kier molecular flexibility index (Phi) is 8.75. The van der Waals surface area contributed by atoms with Crippen molar-refractivity contribution in [2.75, 3.05) is 53.6 Å². The summed E-state index contributed by atoms with van der Waals surface area (Å²) in [5.41, 5.74) is 1.53. The molecular weight excluding hydrogens is 502 g/mol. The van der Waals surface area contributed by atoms with Gasteiger partial charge < -0.3 is 14.2 Å². The first-order valence-corrected chi connectivity index (χ1v) is 13.3. The van der Waals surface area contributed by atoms with Crippen molar-refractivity contribution in [3.05, 3.63) is 89.5 Å². The first kappa shape index (κ1) is 27.0. The van der Waals surface area contributed by atoms with Crippen LogP contribution >= 0.6 is 0 Å². The average Bonchev–Trinajstić information content (AvgIpc) is 2.92. The second-order valence-corrected chi connectivity index (χ2v) is 10.6. The Labute approximate surface area is 216 Å². The predicted octanol–water partition coefficient (Wildman–Crippen LogP) is 4.09. The van der Waals surface area contributed by atoms with Crippen molar-refractivity contribution < 1.29 is 31.4 Å². The van der Waals surface area contributed by atoms with Crippen LogP contribution in [-0.2, 0) is 14.8 Å². The van der Waals surface area contributed by atoms with Crippen molar-refractivity contribution in [3.63, 3.8) is 0 Å². The zero-order valence-electron chi connectivity index (χ0n) is 20.8. The summed E-state index contributed by atoms with van der Waals surface area (Å²) in [5, 5.41) is 0. The fourth-order valence-electron chi connectivity index (χ4n) is 4.28. The van der Waals surface area contributed by atoms with E-state index in [1.807, 2.05) is 0 Å². The van der Waals surface area contributed by atoms with Crippen molar-refractivity contribution in [1.29, 1.82) is 0 Å². The van der Waals surface area contributed by atoms with Crippen LogP contribution in [0.3, 0.4) is 0 Å². The van der Waals surface area contributed by atoms with Crippen LogP contribution in [0.2, 0.25) is 0 Å². The number of nitrogens with zero attached hydrogens (tertiary/aromatic N) is 2. The average molecular weight is 533 g/mol. The van der Waals surface area contributed by atoms with Gasteiger partial charge in [-0.3, -0.25) is 4.90 Å². The highest BCUT2D eigenvalue weighted by Gasteiger charge is 2.29. The molecule has 0 atom stereocenters. The van der Waals surface area contributed by atoms with E-state index in [1.165, 1.54) is 54.9 Å². The van der Waals surface area contributed by atoms with E-state index in [1.54, 1.807) is 30.3 Å². The van der Waals surface area contributed by atoms with Gasteiger partial charge in [0.25, 0.3) is 0 Å². The van der Waals surface area contributed by atoms with Crippen molar-refractivity contribution in [2.45, 2.75) is 11.0 Å². The van der Waals surface area contributed by atoms with Crippen molar-refractivity contribution in [2.24, 2.45) is 0 Å². The van der Waals surface area contributed by atoms with E-state index in [-0.39, 0.29) is 16.5 Å². The highest BCUT2D eigenvalue weighted by atomic mass is 32.2. The maximum Gasteiger partial charge on any atom is 0.243 e. The molecule has 3 aromatic carbocycles. The predicted molar refractivity (Wildman–Crippen MR) is 135 cm³/mol. The summed E-state index contributed by atoms with van der Waals surface area (Å²) in [6.45, 7) is 2.73. The number of hydrogen-bond donors (Lipinski definition) is 0. The molecule has 3 aromatic rings. The number of rotatable bonds is 10. The highest BCUT2D eigenvalue weighted by molar-refractivity contribution is 7.89. The van der Waals surface area contributed by atoms with Crippen LogP contribution in [0.15, 0.2) is 71.6 Å². The molecule has 7 nitrogen and oxygen atoms in total. The van der Waals surface area contributed by atoms with Gasteiger partial charge >= 0.3 is 0 Å². The van der Waals surface area contributed by atoms with E-state index < -0.39 is 16.1 Å². The topological polar surface area (TPSA) is 68.3 Å². The maximum absolute atomic E-state index is 13.4. The Morgan fingerprint density at radius 3 is 1.84 bits per heavy atom. The molecule has 0 saturated carbocycles. The number of hydrogen-bond acceptors (Lipinski definition) is 6. The van der Waals surface area contributed by atoms with Crippen molar-refractivity contribution in [1.82, 2.24) is 9.21 Å². The minimum absolute atomic E-state index is 0.156. The maximum atomic E-state index is 13.4. The van der Waals surface area contributed by atoms with Gasteiger partial charge in [0.05, 0.1) is 25.7 Å². The molecule has 0 amide bonds. The van der Waals surface area contributed by atoms with Crippen LogP contribution in [-0.4, -0.2) is 71.2 Å². The van der Waals surface area contributed by atoms with Crippen molar-refractivity contribution >= 4 is 10.0 Å². The van der Waals surface area contributed by atoms with Crippen LogP contribution < -0.4 is 9.47 Å².